The summed E-state index contributed by atoms with van der Waals surface area (Å²) in [6, 6.07) is 0. The zero-order valence-corrected chi connectivity index (χ0v) is 34.6. The fraction of sp³-hybridized carbons (Fsp3) is 0.933. The van der Waals surface area contributed by atoms with Crippen LogP contribution in [0.5, 0.6) is 0 Å². The first kappa shape index (κ1) is 49.4. The number of rotatable bonds is 40. The summed E-state index contributed by atoms with van der Waals surface area (Å²) in [5, 5.41) is 0. The molecule has 0 N–H and O–H groups in total. The van der Waals surface area contributed by atoms with Crippen molar-refractivity contribution in [2.45, 2.75) is 252 Å². The van der Waals surface area contributed by atoms with Crippen LogP contribution in [0, 0.1) is 5.92 Å². The molecular weight excluding hydrogens is 636 g/mol. The van der Waals surface area contributed by atoms with Gasteiger partial charge in [0.25, 0.3) is 0 Å². The minimum absolute atomic E-state index is 0.0644. The molecule has 0 radical (unpaired) electrons. The summed E-state index contributed by atoms with van der Waals surface area (Å²) in [6.45, 7) is 8.95. The summed E-state index contributed by atoms with van der Waals surface area (Å²) >= 11 is 0. The highest BCUT2D eigenvalue weighted by Gasteiger charge is 2.19. The van der Waals surface area contributed by atoms with Crippen LogP contribution < -0.4 is 0 Å². The lowest BCUT2D eigenvalue weighted by Gasteiger charge is -2.18. The second-order valence-corrected chi connectivity index (χ2v) is 15.8. The van der Waals surface area contributed by atoms with E-state index >= 15 is 0 Å². The smallest absolute Gasteiger partial charge is 0.306 e. The van der Waals surface area contributed by atoms with Crippen molar-refractivity contribution < 1.29 is 28.6 Å². The van der Waals surface area contributed by atoms with E-state index in [4.69, 9.17) is 14.2 Å². The van der Waals surface area contributed by atoms with Gasteiger partial charge in [0.1, 0.15) is 13.2 Å². The lowest BCUT2D eigenvalue weighted by molar-refractivity contribution is -0.167. The Morgan fingerprint density at radius 3 is 0.961 bits per heavy atom. The molecule has 0 fully saturated rings. The van der Waals surface area contributed by atoms with Gasteiger partial charge in [-0.1, -0.05) is 207 Å². The molecule has 0 saturated carbocycles. The van der Waals surface area contributed by atoms with Crippen LogP contribution in [0.4, 0.5) is 0 Å². The molecule has 6 heteroatoms. The first-order valence-electron chi connectivity index (χ1n) is 22.4. The Hall–Kier alpha value is -1.59. The molecule has 0 saturated heterocycles. The number of carbonyl (C=O) groups excluding carboxylic acids is 3. The van der Waals surface area contributed by atoms with Gasteiger partial charge >= 0.3 is 17.9 Å². The Bertz CT molecular complexity index is 766. The van der Waals surface area contributed by atoms with Crippen LogP contribution in [0.2, 0.25) is 0 Å². The van der Waals surface area contributed by atoms with Gasteiger partial charge in [-0.2, -0.15) is 0 Å². The Morgan fingerprint density at radius 1 is 0.373 bits per heavy atom. The Labute approximate surface area is 317 Å². The third kappa shape index (κ3) is 39.5. The summed E-state index contributed by atoms with van der Waals surface area (Å²) < 4.78 is 16.6. The molecule has 0 rings (SSSR count). The van der Waals surface area contributed by atoms with E-state index in [9.17, 15) is 14.4 Å². The van der Waals surface area contributed by atoms with Gasteiger partial charge in [0.05, 0.1) is 0 Å². The third-order valence-corrected chi connectivity index (χ3v) is 10.0. The number of hydrogen-bond donors (Lipinski definition) is 0. The largest absolute Gasteiger partial charge is 0.462 e. The summed E-state index contributed by atoms with van der Waals surface area (Å²) in [5.74, 6) is -0.0232. The van der Waals surface area contributed by atoms with E-state index in [2.05, 4.69) is 27.7 Å². The molecule has 0 aromatic heterocycles. The quantitative estimate of drug-likeness (QED) is 0.0356. The number of ether oxygens (including phenoxy) is 3. The first-order valence-corrected chi connectivity index (χ1v) is 22.4. The fourth-order valence-corrected chi connectivity index (χ4v) is 6.63. The maximum Gasteiger partial charge on any atom is 0.306 e. The maximum absolute atomic E-state index is 12.6. The highest BCUT2D eigenvalue weighted by atomic mass is 16.6. The van der Waals surface area contributed by atoms with Gasteiger partial charge in [0.2, 0.25) is 0 Å². The average Bonchev–Trinajstić information content (AvgIpc) is 3.11. The van der Waals surface area contributed by atoms with Crippen molar-refractivity contribution >= 4 is 17.9 Å². The third-order valence-electron chi connectivity index (χ3n) is 10.0. The molecule has 0 aliphatic heterocycles. The average molecular weight is 723 g/mol. The van der Waals surface area contributed by atoms with Crippen molar-refractivity contribution in [3.05, 3.63) is 0 Å². The maximum atomic E-state index is 12.6. The van der Waals surface area contributed by atoms with Crippen LogP contribution in [0.1, 0.15) is 246 Å². The van der Waals surface area contributed by atoms with Crippen molar-refractivity contribution in [2.75, 3.05) is 13.2 Å². The molecule has 0 spiro atoms. The van der Waals surface area contributed by atoms with E-state index in [1.54, 1.807) is 0 Å². The van der Waals surface area contributed by atoms with Crippen molar-refractivity contribution in [1.29, 1.82) is 0 Å². The van der Waals surface area contributed by atoms with Gasteiger partial charge < -0.3 is 14.2 Å². The van der Waals surface area contributed by atoms with Gasteiger partial charge in [-0.25, -0.2) is 0 Å². The van der Waals surface area contributed by atoms with Crippen LogP contribution in [0.15, 0.2) is 0 Å². The van der Waals surface area contributed by atoms with Crippen LogP contribution >= 0.6 is 0 Å². The number of unbranched alkanes of at least 4 members (excludes halogenated alkanes) is 27. The van der Waals surface area contributed by atoms with Gasteiger partial charge in [-0.3, -0.25) is 14.4 Å². The lowest BCUT2D eigenvalue weighted by atomic mass is 10.0. The SMILES string of the molecule is CCCCCCCCCCCCC(=O)OC[C@H](COC(=O)CCCCCCCCCCCCCCCC(C)C)OC(=O)CCCCCCCCC. The minimum Gasteiger partial charge on any atom is -0.462 e. The van der Waals surface area contributed by atoms with Gasteiger partial charge in [-0.15, -0.1) is 0 Å². The highest BCUT2D eigenvalue weighted by molar-refractivity contribution is 5.71. The van der Waals surface area contributed by atoms with E-state index in [1.807, 2.05) is 0 Å². The molecule has 51 heavy (non-hydrogen) atoms. The van der Waals surface area contributed by atoms with Gasteiger partial charge in [-0.05, 0) is 25.2 Å². The predicted octanol–water partition coefficient (Wildman–Crippen LogP) is 13.9. The molecule has 302 valence electrons. The summed E-state index contributed by atoms with van der Waals surface area (Å²) in [5.41, 5.74) is 0. The molecule has 0 aliphatic rings. The van der Waals surface area contributed by atoms with Gasteiger partial charge in [0.15, 0.2) is 6.10 Å². The predicted molar refractivity (Wildman–Crippen MR) is 215 cm³/mol. The van der Waals surface area contributed by atoms with Crippen molar-refractivity contribution in [2.24, 2.45) is 5.92 Å². The molecule has 0 amide bonds. The summed E-state index contributed by atoms with van der Waals surface area (Å²) in [6.07, 6.45) is 38.1. The number of esters is 3. The van der Waals surface area contributed by atoms with Crippen molar-refractivity contribution in [1.82, 2.24) is 0 Å². The number of carbonyl (C=O) groups is 3. The molecule has 0 aromatic carbocycles. The van der Waals surface area contributed by atoms with Gasteiger partial charge in [0, 0.05) is 19.3 Å². The molecule has 0 bridgehead atoms. The van der Waals surface area contributed by atoms with Crippen LogP contribution in [0.25, 0.3) is 0 Å². The van der Waals surface area contributed by atoms with E-state index in [-0.39, 0.29) is 31.1 Å². The fourth-order valence-electron chi connectivity index (χ4n) is 6.63. The zero-order chi connectivity index (χ0) is 37.5. The molecule has 0 heterocycles. The molecule has 6 nitrogen and oxygen atoms in total. The van der Waals surface area contributed by atoms with E-state index in [0.717, 1.165) is 63.7 Å². The Kier molecular flexibility index (Phi) is 38.4. The molecule has 1 atom stereocenters. The molecule has 0 aliphatic carbocycles. The Morgan fingerprint density at radius 2 is 0.647 bits per heavy atom. The van der Waals surface area contributed by atoms with E-state index in [1.165, 1.54) is 141 Å². The zero-order valence-electron chi connectivity index (χ0n) is 34.6. The standard InChI is InChI=1S/C45H86O6/c1-5-7-9-11-13-14-21-25-28-32-36-43(46)49-39-42(51-45(48)38-34-30-23-12-10-8-6-2)40-50-44(47)37-33-29-26-22-19-17-15-16-18-20-24-27-31-35-41(3)4/h41-42H,5-40H2,1-4H3/t42-/m1/s1. The highest BCUT2D eigenvalue weighted by Crippen LogP contribution is 2.16. The molecule has 0 unspecified atom stereocenters. The van der Waals surface area contributed by atoms with Crippen molar-refractivity contribution in [3.63, 3.8) is 0 Å². The van der Waals surface area contributed by atoms with Crippen LogP contribution in [-0.2, 0) is 28.6 Å². The summed E-state index contributed by atoms with van der Waals surface area (Å²) in [4.78, 5) is 37.5. The van der Waals surface area contributed by atoms with E-state index < -0.39 is 6.10 Å². The lowest BCUT2D eigenvalue weighted by Crippen LogP contribution is -2.30. The number of hydrogen-bond acceptors (Lipinski definition) is 6. The van der Waals surface area contributed by atoms with Crippen LogP contribution in [0.3, 0.4) is 0 Å². The normalized spacial score (nSPS) is 11.9. The molecular formula is C45H86O6. The second-order valence-electron chi connectivity index (χ2n) is 15.8. The van der Waals surface area contributed by atoms with Crippen molar-refractivity contribution in [3.8, 4) is 0 Å². The Balaban J connectivity index is 4.20. The van der Waals surface area contributed by atoms with E-state index in [0.29, 0.717) is 19.3 Å². The second kappa shape index (κ2) is 39.6. The first-order chi connectivity index (χ1) is 24.9. The summed E-state index contributed by atoms with van der Waals surface area (Å²) in [7, 11) is 0. The monoisotopic (exact) mass is 723 g/mol. The molecule has 0 aromatic rings. The van der Waals surface area contributed by atoms with Crippen LogP contribution in [-0.4, -0.2) is 37.2 Å². The minimum atomic E-state index is -0.757. The topological polar surface area (TPSA) is 78.9 Å².